The molecule has 2 aromatic rings. The van der Waals surface area contributed by atoms with Gasteiger partial charge in [-0.2, -0.15) is 4.98 Å². The normalized spacial score (nSPS) is 21.5. The maximum Gasteiger partial charge on any atom is 0.351 e. The van der Waals surface area contributed by atoms with Gasteiger partial charge in [0.2, 0.25) is 0 Å². The first kappa shape index (κ1) is 24.3. The fourth-order valence-electron chi connectivity index (χ4n) is 3.26. The van der Waals surface area contributed by atoms with E-state index in [4.69, 9.17) is 14.9 Å². The van der Waals surface area contributed by atoms with Crippen LogP contribution in [0.25, 0.3) is 0 Å². The lowest BCUT2D eigenvalue weighted by atomic mass is 10.1. The average Bonchev–Trinajstić information content (AvgIpc) is 3.09. The molecule has 8 nitrogen and oxygen atoms in total. The molecule has 1 amide bonds. The number of carbonyl (C=O) groups is 1. The van der Waals surface area contributed by atoms with E-state index in [1.54, 1.807) is 37.4 Å². The zero-order valence-electron chi connectivity index (χ0n) is 19.7. The number of benzene rings is 1. The number of nitrogens with zero attached hydrogens (tertiary/aromatic N) is 2. The number of hydrogen-bond acceptors (Lipinski definition) is 6. The molecule has 1 aromatic heterocycles. The molecule has 1 aliphatic heterocycles. The summed E-state index contributed by atoms with van der Waals surface area (Å²) in [5.74, 6) is -0.0828. The quantitative estimate of drug-likeness (QED) is 0.642. The molecule has 0 spiro atoms. The van der Waals surface area contributed by atoms with Gasteiger partial charge < -0.3 is 20.2 Å². The lowest BCUT2D eigenvalue weighted by molar-refractivity contribution is -0.0246. The highest BCUT2D eigenvalue weighted by molar-refractivity contribution is 6.74. The van der Waals surface area contributed by atoms with E-state index in [1.807, 2.05) is 6.07 Å². The molecule has 1 saturated heterocycles. The van der Waals surface area contributed by atoms with Crippen molar-refractivity contribution in [3.05, 3.63) is 58.1 Å². The number of carbonyl (C=O) groups excluding carboxylic acids is 1. The van der Waals surface area contributed by atoms with Gasteiger partial charge in [0.25, 0.3) is 5.91 Å². The van der Waals surface area contributed by atoms with Gasteiger partial charge in [-0.15, -0.1) is 0 Å². The molecule has 1 aliphatic rings. The Hall–Kier alpha value is -2.33. The van der Waals surface area contributed by atoms with Crippen LogP contribution >= 0.6 is 0 Å². The highest BCUT2D eigenvalue weighted by Gasteiger charge is 2.40. The number of ether oxygens (including phenoxy) is 1. The zero-order chi connectivity index (χ0) is 23.7. The fourth-order valence-corrected chi connectivity index (χ4v) is 4.27. The van der Waals surface area contributed by atoms with E-state index in [0.29, 0.717) is 24.2 Å². The van der Waals surface area contributed by atoms with Gasteiger partial charge >= 0.3 is 5.69 Å². The van der Waals surface area contributed by atoms with Crippen molar-refractivity contribution in [2.45, 2.75) is 70.6 Å². The Bertz CT molecular complexity index is 1020. The van der Waals surface area contributed by atoms with E-state index in [2.05, 4.69) is 44.2 Å². The molecule has 1 fully saturated rings. The van der Waals surface area contributed by atoms with Crippen LogP contribution in [-0.4, -0.2) is 42.5 Å². The third-order valence-electron chi connectivity index (χ3n) is 6.41. The van der Waals surface area contributed by atoms with Gasteiger partial charge in [-0.25, -0.2) is 4.79 Å². The fraction of sp³-hybridized carbons (Fsp3) is 0.522. The zero-order valence-corrected chi connectivity index (χ0v) is 20.7. The topological polar surface area (TPSA) is 108 Å². The molecule has 0 unspecified atom stereocenters. The van der Waals surface area contributed by atoms with Crippen molar-refractivity contribution in [1.82, 2.24) is 9.55 Å². The first-order chi connectivity index (χ1) is 14.9. The van der Waals surface area contributed by atoms with E-state index in [9.17, 15) is 9.59 Å². The van der Waals surface area contributed by atoms with Crippen molar-refractivity contribution in [1.29, 1.82) is 0 Å². The predicted octanol–water partition coefficient (Wildman–Crippen LogP) is 3.44. The maximum absolute atomic E-state index is 12.7. The minimum absolute atomic E-state index is 0.0904. The van der Waals surface area contributed by atoms with Crippen molar-refractivity contribution >= 4 is 20.0 Å². The number of hydrogen-bond donors (Lipinski definition) is 2. The minimum Gasteiger partial charge on any atom is -0.414 e. The number of aryl methyl sites for hydroxylation is 1. The van der Waals surface area contributed by atoms with Crippen LogP contribution in [0.15, 0.2) is 41.3 Å². The van der Waals surface area contributed by atoms with Crippen LogP contribution in [0.5, 0.6) is 0 Å². The first-order valence-electron chi connectivity index (χ1n) is 10.9. The molecule has 0 saturated carbocycles. The summed E-state index contributed by atoms with van der Waals surface area (Å²) in [5, 5.41) is 2.80. The Morgan fingerprint density at radius 1 is 1.31 bits per heavy atom. The Morgan fingerprint density at radius 2 is 1.97 bits per heavy atom. The Balaban J connectivity index is 1.70. The summed E-state index contributed by atoms with van der Waals surface area (Å²) in [7, 11) is -1.93. The minimum atomic E-state index is -1.93. The highest BCUT2D eigenvalue weighted by Crippen LogP contribution is 2.37. The third-order valence-corrected chi connectivity index (χ3v) is 10.9. The van der Waals surface area contributed by atoms with Crippen LogP contribution in [0.1, 0.15) is 49.3 Å². The molecule has 0 bridgehead atoms. The van der Waals surface area contributed by atoms with Gasteiger partial charge in [0.05, 0.1) is 12.7 Å². The summed E-state index contributed by atoms with van der Waals surface area (Å²) in [6, 6.07) is 8.54. The van der Waals surface area contributed by atoms with Gasteiger partial charge in [-0.3, -0.25) is 9.36 Å². The molecule has 2 heterocycles. The number of amides is 1. The van der Waals surface area contributed by atoms with Gasteiger partial charge in [0, 0.05) is 29.8 Å². The van der Waals surface area contributed by atoms with E-state index in [1.165, 1.54) is 4.57 Å². The highest BCUT2D eigenvalue weighted by atomic mass is 28.4. The van der Waals surface area contributed by atoms with Crippen molar-refractivity contribution in [2.24, 2.45) is 5.73 Å². The summed E-state index contributed by atoms with van der Waals surface area (Å²) < 4.78 is 13.8. The number of nitrogens with two attached hydrogens (primary N) is 1. The summed E-state index contributed by atoms with van der Waals surface area (Å²) in [6.45, 7) is 13.1. The van der Waals surface area contributed by atoms with E-state index in [0.717, 1.165) is 0 Å². The van der Waals surface area contributed by atoms with Crippen LogP contribution in [0.2, 0.25) is 18.1 Å². The smallest absolute Gasteiger partial charge is 0.351 e. The van der Waals surface area contributed by atoms with Crippen LogP contribution in [-0.2, 0) is 9.16 Å². The summed E-state index contributed by atoms with van der Waals surface area (Å²) in [5.41, 5.74) is 6.97. The molecule has 174 valence electrons. The van der Waals surface area contributed by atoms with E-state index < -0.39 is 20.2 Å². The van der Waals surface area contributed by atoms with Gasteiger partial charge in [-0.05, 0) is 37.2 Å². The van der Waals surface area contributed by atoms with Crippen LogP contribution < -0.4 is 16.7 Å². The largest absolute Gasteiger partial charge is 0.414 e. The summed E-state index contributed by atoms with van der Waals surface area (Å²) >= 11 is 0. The molecule has 32 heavy (non-hydrogen) atoms. The average molecular weight is 459 g/mol. The monoisotopic (exact) mass is 458 g/mol. The van der Waals surface area contributed by atoms with Crippen LogP contribution in [0, 0.1) is 6.92 Å². The Kier molecular flexibility index (Phi) is 7.04. The van der Waals surface area contributed by atoms with Crippen molar-refractivity contribution < 1.29 is 14.0 Å². The third kappa shape index (κ3) is 5.35. The Morgan fingerprint density at radius 3 is 2.59 bits per heavy atom. The number of nitrogens with one attached hydrogen (secondary N) is 1. The standard InChI is InChI=1S/C23H34N4O4Si/c1-15-13-27(22(29)26-20(15)25-21(28)16-10-8-7-9-11-16)19-12-17(24)18(31-19)14-30-32(5,6)23(2,3)4/h7-11,13,17-19H,12,14,24H2,1-6H3,(H,25,26,28,29)/t17-,18-,19-/m1/s1. The molecule has 3 atom stereocenters. The number of anilines is 1. The second kappa shape index (κ2) is 9.26. The van der Waals surface area contributed by atoms with Crippen LogP contribution in [0.4, 0.5) is 5.82 Å². The molecule has 1 aromatic carbocycles. The molecular weight excluding hydrogens is 424 g/mol. The van der Waals surface area contributed by atoms with Gasteiger partial charge in [0.15, 0.2) is 8.32 Å². The van der Waals surface area contributed by atoms with Crippen molar-refractivity contribution in [3.8, 4) is 0 Å². The van der Waals surface area contributed by atoms with Gasteiger partial charge in [0.1, 0.15) is 12.0 Å². The lowest BCUT2D eigenvalue weighted by Gasteiger charge is -2.37. The molecule has 0 aliphatic carbocycles. The predicted molar refractivity (Wildman–Crippen MR) is 127 cm³/mol. The van der Waals surface area contributed by atoms with E-state index >= 15 is 0 Å². The molecule has 3 rings (SSSR count). The maximum atomic E-state index is 12.7. The second-order valence-electron chi connectivity index (χ2n) is 9.88. The number of rotatable bonds is 6. The Labute approximate surface area is 190 Å². The van der Waals surface area contributed by atoms with Crippen molar-refractivity contribution in [2.75, 3.05) is 11.9 Å². The van der Waals surface area contributed by atoms with E-state index in [-0.39, 0.29) is 28.9 Å². The summed E-state index contributed by atoms with van der Waals surface area (Å²) in [6.07, 6.45) is 1.33. The van der Waals surface area contributed by atoms with Crippen LogP contribution in [0.3, 0.4) is 0 Å². The molecule has 3 N–H and O–H groups in total. The molecule has 9 heteroatoms. The summed E-state index contributed by atoms with van der Waals surface area (Å²) in [4.78, 5) is 29.2. The van der Waals surface area contributed by atoms with Gasteiger partial charge in [-0.1, -0.05) is 39.0 Å². The first-order valence-corrected chi connectivity index (χ1v) is 13.8. The van der Waals surface area contributed by atoms with Crippen molar-refractivity contribution in [3.63, 3.8) is 0 Å². The lowest BCUT2D eigenvalue weighted by Crippen LogP contribution is -2.45. The number of aromatic nitrogens is 2. The molecular formula is C23H34N4O4Si. The SMILES string of the molecule is Cc1cn([C@H]2C[C@@H](N)[C@@H](CO[Si](C)(C)C(C)(C)C)O2)c(=O)nc1NC(=O)c1ccccc1. The molecule has 0 radical (unpaired) electrons. The second-order valence-corrected chi connectivity index (χ2v) is 14.7.